The van der Waals surface area contributed by atoms with E-state index in [0.29, 0.717) is 25.9 Å². The summed E-state index contributed by atoms with van der Waals surface area (Å²) in [5.74, 6) is -1.06. The highest BCUT2D eigenvalue weighted by molar-refractivity contribution is 7.11. The predicted octanol–water partition coefficient (Wildman–Crippen LogP) is 2.31. The molecule has 1 aromatic heterocycles. The molecule has 1 aliphatic heterocycles. The Hall–Kier alpha value is -1.36. The second-order valence-corrected chi connectivity index (χ2v) is 6.40. The van der Waals surface area contributed by atoms with Gasteiger partial charge in [-0.2, -0.15) is 0 Å². The van der Waals surface area contributed by atoms with E-state index >= 15 is 0 Å². The Kier molecular flexibility index (Phi) is 4.58. The zero-order valence-electron chi connectivity index (χ0n) is 11.1. The van der Waals surface area contributed by atoms with Crippen molar-refractivity contribution in [1.82, 2.24) is 4.90 Å². The van der Waals surface area contributed by atoms with Crippen molar-refractivity contribution in [2.24, 2.45) is 5.92 Å². The summed E-state index contributed by atoms with van der Waals surface area (Å²) < 4.78 is 0. The molecule has 1 amide bonds. The summed E-state index contributed by atoms with van der Waals surface area (Å²) >= 11 is 1.77. The Morgan fingerprint density at radius 2 is 2.26 bits per heavy atom. The van der Waals surface area contributed by atoms with Crippen molar-refractivity contribution in [2.45, 2.75) is 32.6 Å². The second-order valence-electron chi connectivity index (χ2n) is 5.03. The van der Waals surface area contributed by atoms with Gasteiger partial charge in [-0.05, 0) is 38.3 Å². The summed E-state index contributed by atoms with van der Waals surface area (Å²) in [6.07, 6.45) is 2.88. The van der Waals surface area contributed by atoms with Gasteiger partial charge in [-0.3, -0.25) is 9.59 Å². The van der Waals surface area contributed by atoms with E-state index in [1.807, 2.05) is 0 Å². The number of carbonyl (C=O) groups excluding carboxylic acids is 1. The lowest BCUT2D eigenvalue weighted by Crippen LogP contribution is -2.29. The number of aryl methyl sites for hydroxylation is 2. The van der Waals surface area contributed by atoms with Crippen LogP contribution in [0.2, 0.25) is 0 Å². The van der Waals surface area contributed by atoms with Crippen molar-refractivity contribution >= 4 is 23.2 Å². The summed E-state index contributed by atoms with van der Waals surface area (Å²) in [6, 6.07) is 4.21. The molecule has 0 aliphatic carbocycles. The Labute approximate surface area is 117 Å². The topological polar surface area (TPSA) is 57.6 Å². The van der Waals surface area contributed by atoms with Gasteiger partial charge in [0.1, 0.15) is 0 Å². The smallest absolute Gasteiger partial charge is 0.308 e. The minimum Gasteiger partial charge on any atom is -0.481 e. The lowest BCUT2D eigenvalue weighted by molar-refractivity contribution is -0.141. The maximum absolute atomic E-state index is 11.9. The SMILES string of the molecule is Cc1ccc(CCCC(=O)N2CC[C@@H](C(=O)O)C2)s1. The standard InChI is InChI=1S/C14H19NO3S/c1-10-5-6-12(19-10)3-2-4-13(16)15-8-7-11(9-15)14(17)18/h5-6,11H,2-4,7-9H2,1H3,(H,17,18)/t11-/m1/s1. The molecular weight excluding hydrogens is 262 g/mol. The van der Waals surface area contributed by atoms with Gasteiger partial charge in [0.25, 0.3) is 0 Å². The first-order valence-electron chi connectivity index (χ1n) is 6.62. The molecule has 0 bridgehead atoms. The number of hydrogen-bond donors (Lipinski definition) is 1. The van der Waals surface area contributed by atoms with Crippen LogP contribution in [-0.2, 0) is 16.0 Å². The highest BCUT2D eigenvalue weighted by Gasteiger charge is 2.30. The minimum absolute atomic E-state index is 0.0945. The maximum Gasteiger partial charge on any atom is 0.308 e. The van der Waals surface area contributed by atoms with E-state index in [2.05, 4.69) is 19.1 Å². The number of amides is 1. The van der Waals surface area contributed by atoms with Crippen LogP contribution in [0.4, 0.5) is 0 Å². The summed E-state index contributed by atoms with van der Waals surface area (Å²) in [4.78, 5) is 27.1. The third-order valence-corrected chi connectivity index (χ3v) is 4.56. The number of likely N-dealkylation sites (tertiary alicyclic amines) is 1. The fourth-order valence-corrected chi connectivity index (χ4v) is 3.31. The molecule has 0 radical (unpaired) electrons. The Balaban J connectivity index is 1.72. The van der Waals surface area contributed by atoms with Crippen LogP contribution >= 0.6 is 11.3 Å². The number of carbonyl (C=O) groups is 2. The van der Waals surface area contributed by atoms with Crippen LogP contribution in [0.3, 0.4) is 0 Å². The molecule has 1 N–H and O–H groups in total. The summed E-state index contributed by atoms with van der Waals surface area (Å²) in [6.45, 7) is 3.05. The van der Waals surface area contributed by atoms with Crippen LogP contribution in [0.25, 0.3) is 0 Å². The lowest BCUT2D eigenvalue weighted by Gasteiger charge is -2.15. The average Bonchev–Trinajstić information content (AvgIpc) is 2.98. The van der Waals surface area contributed by atoms with Crippen LogP contribution in [0.5, 0.6) is 0 Å². The highest BCUT2D eigenvalue weighted by Crippen LogP contribution is 2.20. The molecule has 0 saturated carbocycles. The average molecular weight is 281 g/mol. The molecule has 2 rings (SSSR count). The Morgan fingerprint density at radius 1 is 1.47 bits per heavy atom. The van der Waals surface area contributed by atoms with Gasteiger partial charge in [-0.15, -0.1) is 11.3 Å². The van der Waals surface area contributed by atoms with E-state index < -0.39 is 5.97 Å². The van der Waals surface area contributed by atoms with Crippen molar-refractivity contribution in [3.8, 4) is 0 Å². The molecule has 0 unspecified atom stereocenters. The van der Waals surface area contributed by atoms with E-state index in [0.717, 1.165) is 12.8 Å². The van der Waals surface area contributed by atoms with Crippen molar-refractivity contribution in [1.29, 1.82) is 0 Å². The number of nitrogens with zero attached hydrogens (tertiary/aromatic N) is 1. The second kappa shape index (κ2) is 6.19. The van der Waals surface area contributed by atoms with E-state index in [9.17, 15) is 9.59 Å². The van der Waals surface area contributed by atoms with Crippen LogP contribution in [0.15, 0.2) is 12.1 Å². The molecular formula is C14H19NO3S. The van der Waals surface area contributed by atoms with Gasteiger partial charge in [-0.1, -0.05) is 0 Å². The van der Waals surface area contributed by atoms with Crippen molar-refractivity contribution in [3.05, 3.63) is 21.9 Å². The summed E-state index contributed by atoms with van der Waals surface area (Å²) in [7, 11) is 0. The Bertz CT molecular complexity index is 469. The van der Waals surface area contributed by atoms with Crippen LogP contribution in [0.1, 0.15) is 29.0 Å². The quantitative estimate of drug-likeness (QED) is 0.901. The van der Waals surface area contributed by atoms with E-state index in [4.69, 9.17) is 5.11 Å². The number of hydrogen-bond acceptors (Lipinski definition) is 3. The highest BCUT2D eigenvalue weighted by atomic mass is 32.1. The molecule has 4 nitrogen and oxygen atoms in total. The van der Waals surface area contributed by atoms with Crippen LogP contribution < -0.4 is 0 Å². The van der Waals surface area contributed by atoms with Crippen molar-refractivity contribution in [3.63, 3.8) is 0 Å². The first kappa shape index (κ1) is 14.1. The third-order valence-electron chi connectivity index (χ3n) is 3.50. The molecule has 5 heteroatoms. The van der Waals surface area contributed by atoms with Gasteiger partial charge in [0, 0.05) is 29.3 Å². The van der Waals surface area contributed by atoms with Gasteiger partial charge in [-0.25, -0.2) is 0 Å². The van der Waals surface area contributed by atoms with Gasteiger partial charge >= 0.3 is 5.97 Å². The zero-order chi connectivity index (χ0) is 13.8. The first-order valence-corrected chi connectivity index (χ1v) is 7.44. The normalized spacial score (nSPS) is 18.8. The molecule has 19 heavy (non-hydrogen) atoms. The molecule has 2 heterocycles. The van der Waals surface area contributed by atoms with E-state index in [1.54, 1.807) is 16.2 Å². The summed E-state index contributed by atoms with van der Waals surface area (Å²) in [5.41, 5.74) is 0. The van der Waals surface area contributed by atoms with Crippen molar-refractivity contribution < 1.29 is 14.7 Å². The zero-order valence-corrected chi connectivity index (χ0v) is 11.9. The minimum atomic E-state index is -0.788. The van der Waals surface area contributed by atoms with E-state index in [-0.39, 0.29) is 11.8 Å². The molecule has 0 spiro atoms. The monoisotopic (exact) mass is 281 g/mol. The van der Waals surface area contributed by atoms with Gasteiger partial charge in [0.2, 0.25) is 5.91 Å². The summed E-state index contributed by atoms with van der Waals surface area (Å²) in [5, 5.41) is 8.90. The molecule has 0 aromatic carbocycles. The lowest BCUT2D eigenvalue weighted by atomic mass is 10.1. The number of thiophene rings is 1. The molecule has 1 aromatic rings. The van der Waals surface area contributed by atoms with Crippen molar-refractivity contribution in [2.75, 3.05) is 13.1 Å². The Morgan fingerprint density at radius 3 is 2.84 bits per heavy atom. The first-order chi connectivity index (χ1) is 9.06. The molecule has 104 valence electrons. The predicted molar refractivity (Wildman–Crippen MR) is 74.3 cm³/mol. The van der Waals surface area contributed by atoms with Gasteiger partial charge in [0.05, 0.1) is 5.92 Å². The van der Waals surface area contributed by atoms with Gasteiger partial charge in [0.15, 0.2) is 0 Å². The third kappa shape index (κ3) is 3.80. The number of carboxylic acid groups (broad SMARTS) is 1. The fraction of sp³-hybridized carbons (Fsp3) is 0.571. The maximum atomic E-state index is 11.9. The number of rotatable bonds is 5. The number of carboxylic acids is 1. The molecule has 1 saturated heterocycles. The number of aliphatic carboxylic acids is 1. The fourth-order valence-electron chi connectivity index (χ4n) is 2.38. The van der Waals surface area contributed by atoms with Crippen LogP contribution in [0, 0.1) is 12.8 Å². The molecule has 1 aliphatic rings. The molecule has 1 atom stereocenters. The van der Waals surface area contributed by atoms with Crippen LogP contribution in [-0.4, -0.2) is 35.0 Å². The van der Waals surface area contributed by atoms with Gasteiger partial charge < -0.3 is 10.0 Å². The molecule has 1 fully saturated rings. The largest absolute Gasteiger partial charge is 0.481 e. The van der Waals surface area contributed by atoms with E-state index in [1.165, 1.54) is 9.75 Å².